The molecular formula is C11H13N5OS3. The fraction of sp³-hybridized carbons (Fsp3) is 0.364. The summed E-state index contributed by atoms with van der Waals surface area (Å²) in [6.45, 7) is 3.44. The van der Waals surface area contributed by atoms with E-state index in [-0.39, 0.29) is 0 Å². The highest BCUT2D eigenvalue weighted by molar-refractivity contribution is 7.72. The molecule has 0 saturated carbocycles. The fourth-order valence-corrected chi connectivity index (χ4v) is 3.25. The molecule has 0 unspecified atom stereocenters. The predicted octanol–water partition coefficient (Wildman–Crippen LogP) is 2.38. The number of rotatable bonds is 3. The van der Waals surface area contributed by atoms with Crippen LogP contribution in [-0.4, -0.2) is 47.4 Å². The highest BCUT2D eigenvalue weighted by atomic mass is 32.1. The molecule has 2 aromatic heterocycles. The van der Waals surface area contributed by atoms with Crippen molar-refractivity contribution in [3.8, 4) is 0 Å². The van der Waals surface area contributed by atoms with E-state index in [2.05, 4.69) is 26.3 Å². The number of H-pyrrole nitrogens is 2. The van der Waals surface area contributed by atoms with E-state index < -0.39 is 0 Å². The largest absolute Gasteiger partial charge is 0.378 e. The Kier molecular flexibility index (Phi) is 4.10. The first-order valence-electron chi connectivity index (χ1n) is 6.10. The van der Waals surface area contributed by atoms with Crippen LogP contribution < -0.4 is 4.90 Å². The summed E-state index contributed by atoms with van der Waals surface area (Å²) in [4.78, 5) is 3.38. The number of nitrogens with zero attached hydrogens (tertiary/aromatic N) is 3. The molecule has 2 N–H and O–H groups in total. The third-order valence-corrected chi connectivity index (χ3v) is 4.53. The number of nitrogens with one attached hydrogen (secondary N) is 2. The van der Waals surface area contributed by atoms with Crippen LogP contribution in [0.1, 0.15) is 4.88 Å². The van der Waals surface area contributed by atoms with Crippen molar-refractivity contribution in [3.63, 3.8) is 0 Å². The van der Waals surface area contributed by atoms with Crippen molar-refractivity contribution in [2.24, 2.45) is 5.10 Å². The predicted molar refractivity (Wildman–Crippen MR) is 85.1 cm³/mol. The molecule has 0 aromatic carbocycles. The Bertz CT molecular complexity index is 691. The van der Waals surface area contributed by atoms with Gasteiger partial charge in [-0.05, 0) is 36.6 Å². The third-order valence-electron chi connectivity index (χ3n) is 2.90. The molecule has 1 saturated heterocycles. The van der Waals surface area contributed by atoms with Gasteiger partial charge in [0.1, 0.15) is 0 Å². The molecule has 9 heteroatoms. The maximum atomic E-state index is 5.35. The van der Waals surface area contributed by atoms with Gasteiger partial charge in [0, 0.05) is 18.0 Å². The van der Waals surface area contributed by atoms with E-state index in [9.17, 15) is 0 Å². The van der Waals surface area contributed by atoms with Gasteiger partial charge in [-0.1, -0.05) is 0 Å². The number of aromatic nitrogens is 3. The van der Waals surface area contributed by atoms with Gasteiger partial charge >= 0.3 is 0 Å². The highest BCUT2D eigenvalue weighted by Crippen LogP contribution is 2.25. The van der Waals surface area contributed by atoms with Gasteiger partial charge in [-0.25, -0.2) is 0 Å². The monoisotopic (exact) mass is 327 g/mol. The van der Waals surface area contributed by atoms with Crippen molar-refractivity contribution >= 4 is 47.0 Å². The molecule has 0 bridgehead atoms. The van der Waals surface area contributed by atoms with Crippen LogP contribution in [0.15, 0.2) is 17.2 Å². The van der Waals surface area contributed by atoms with Crippen molar-refractivity contribution in [2.75, 3.05) is 31.2 Å². The summed E-state index contributed by atoms with van der Waals surface area (Å²) in [5, 5.41) is 11.0. The second-order valence-corrected chi connectivity index (χ2v) is 6.06. The first-order chi connectivity index (χ1) is 9.74. The lowest BCUT2D eigenvalue weighted by Gasteiger charge is -2.27. The van der Waals surface area contributed by atoms with Crippen LogP contribution in [0.2, 0.25) is 0 Å². The van der Waals surface area contributed by atoms with Gasteiger partial charge in [0.2, 0.25) is 9.54 Å². The molecule has 0 amide bonds. The van der Waals surface area contributed by atoms with E-state index in [1.807, 2.05) is 6.07 Å². The number of aromatic amines is 2. The van der Waals surface area contributed by atoms with Crippen LogP contribution in [0, 0.1) is 9.54 Å². The lowest BCUT2D eigenvalue weighted by Crippen LogP contribution is -2.35. The minimum atomic E-state index is 0.455. The highest BCUT2D eigenvalue weighted by Gasteiger charge is 2.12. The second kappa shape index (κ2) is 6.00. The summed E-state index contributed by atoms with van der Waals surface area (Å²) in [6.07, 6.45) is 1.77. The first kappa shape index (κ1) is 13.7. The zero-order valence-corrected chi connectivity index (χ0v) is 13.0. The Morgan fingerprint density at radius 2 is 1.90 bits per heavy atom. The van der Waals surface area contributed by atoms with Crippen molar-refractivity contribution in [1.82, 2.24) is 14.9 Å². The van der Waals surface area contributed by atoms with E-state index in [1.165, 1.54) is 9.68 Å². The summed E-state index contributed by atoms with van der Waals surface area (Å²) in [7, 11) is 0. The average molecular weight is 327 g/mol. The maximum absolute atomic E-state index is 5.35. The Morgan fingerprint density at radius 1 is 1.20 bits per heavy atom. The van der Waals surface area contributed by atoms with Gasteiger partial charge in [-0.2, -0.15) is 9.78 Å². The topological polar surface area (TPSA) is 61.3 Å². The van der Waals surface area contributed by atoms with E-state index in [0.717, 1.165) is 31.2 Å². The van der Waals surface area contributed by atoms with E-state index in [4.69, 9.17) is 29.2 Å². The number of morpholine rings is 1. The summed E-state index contributed by atoms with van der Waals surface area (Å²) < 4.78 is 7.75. The first-order valence-corrected chi connectivity index (χ1v) is 7.74. The van der Waals surface area contributed by atoms with Gasteiger partial charge < -0.3 is 9.64 Å². The average Bonchev–Trinajstić information content (AvgIpc) is 3.06. The van der Waals surface area contributed by atoms with Crippen LogP contribution in [-0.2, 0) is 4.74 Å². The molecule has 1 aliphatic rings. The Hall–Kier alpha value is -1.29. The van der Waals surface area contributed by atoms with Crippen molar-refractivity contribution in [3.05, 3.63) is 26.6 Å². The van der Waals surface area contributed by atoms with Crippen LogP contribution >= 0.6 is 35.8 Å². The molecule has 20 heavy (non-hydrogen) atoms. The molecule has 2 aromatic rings. The Labute approximate surface area is 129 Å². The normalized spacial score (nSPS) is 16.1. The van der Waals surface area contributed by atoms with Gasteiger partial charge in [-0.15, -0.1) is 11.3 Å². The molecule has 0 aliphatic carbocycles. The number of thiophene rings is 1. The van der Waals surface area contributed by atoms with E-state index >= 15 is 0 Å². The smallest absolute Gasteiger partial charge is 0.215 e. The van der Waals surface area contributed by atoms with Gasteiger partial charge in [0.25, 0.3) is 0 Å². The summed E-state index contributed by atoms with van der Waals surface area (Å²) in [6, 6.07) is 4.15. The molecule has 0 radical (unpaired) electrons. The fourth-order valence-electron chi connectivity index (χ4n) is 1.89. The Balaban J connectivity index is 1.77. The van der Waals surface area contributed by atoms with E-state index in [0.29, 0.717) is 9.54 Å². The Morgan fingerprint density at radius 3 is 2.60 bits per heavy atom. The zero-order chi connectivity index (χ0) is 13.9. The van der Waals surface area contributed by atoms with Gasteiger partial charge in [0.05, 0.1) is 24.4 Å². The number of anilines is 1. The van der Waals surface area contributed by atoms with Gasteiger partial charge in [-0.3, -0.25) is 10.2 Å². The number of ether oxygens (including phenoxy) is 1. The van der Waals surface area contributed by atoms with Crippen molar-refractivity contribution < 1.29 is 4.74 Å². The molecule has 6 nitrogen and oxygen atoms in total. The van der Waals surface area contributed by atoms with Crippen LogP contribution in [0.4, 0.5) is 5.00 Å². The summed E-state index contributed by atoms with van der Waals surface area (Å²) >= 11 is 11.8. The van der Waals surface area contributed by atoms with Crippen molar-refractivity contribution in [1.29, 1.82) is 0 Å². The lowest BCUT2D eigenvalue weighted by atomic mass is 10.4. The van der Waals surface area contributed by atoms with E-state index in [1.54, 1.807) is 17.6 Å². The molecule has 0 spiro atoms. The third kappa shape index (κ3) is 2.90. The quantitative estimate of drug-likeness (QED) is 0.671. The molecule has 106 valence electrons. The second-order valence-electron chi connectivity index (χ2n) is 4.19. The van der Waals surface area contributed by atoms with Crippen molar-refractivity contribution in [2.45, 2.75) is 0 Å². The molecule has 3 heterocycles. The lowest BCUT2D eigenvalue weighted by molar-refractivity contribution is 0.123. The molecule has 0 atom stereocenters. The minimum absolute atomic E-state index is 0.455. The van der Waals surface area contributed by atoms with Crippen LogP contribution in [0.3, 0.4) is 0 Å². The number of hydrogen-bond acceptors (Lipinski definition) is 6. The zero-order valence-electron chi connectivity index (χ0n) is 10.5. The SMILES string of the molecule is S=c1[nH][nH]c(=S)n1/N=C\c1ccc(N2CCOCC2)s1. The van der Waals surface area contributed by atoms with Crippen LogP contribution in [0.25, 0.3) is 0 Å². The molecule has 1 aliphatic heterocycles. The van der Waals surface area contributed by atoms with Crippen LogP contribution in [0.5, 0.6) is 0 Å². The standard InChI is InChI=1S/C11H13N5OS3/c18-10-13-14-11(19)16(10)12-7-8-1-2-9(20-8)15-3-5-17-6-4-15/h1-2,7H,3-6H2,(H,13,18)(H,14,19)/b12-7-. The summed E-state index contributed by atoms with van der Waals surface area (Å²) in [5.41, 5.74) is 0. The minimum Gasteiger partial charge on any atom is -0.378 e. The maximum Gasteiger partial charge on any atom is 0.215 e. The summed E-state index contributed by atoms with van der Waals surface area (Å²) in [5.74, 6) is 0. The number of hydrogen-bond donors (Lipinski definition) is 2. The molecule has 1 fully saturated rings. The molecule has 3 rings (SSSR count). The molecular weight excluding hydrogens is 314 g/mol. The van der Waals surface area contributed by atoms with Gasteiger partial charge in [0.15, 0.2) is 0 Å².